The molecule has 2 aromatic heterocycles. The van der Waals surface area contributed by atoms with Crippen LogP contribution in [-0.2, 0) is 0 Å². The molecule has 2 N–H and O–H groups in total. The Morgan fingerprint density at radius 1 is 1.26 bits per heavy atom. The number of thiazole rings is 1. The van der Waals surface area contributed by atoms with Gasteiger partial charge in [-0.3, -0.25) is 10.1 Å². The molecule has 0 aliphatic heterocycles. The Kier molecular flexibility index (Phi) is 3.05. The van der Waals surface area contributed by atoms with Crippen molar-refractivity contribution in [3.63, 3.8) is 0 Å². The summed E-state index contributed by atoms with van der Waals surface area (Å²) in [6.45, 7) is 0. The van der Waals surface area contributed by atoms with Gasteiger partial charge in [-0.1, -0.05) is 11.3 Å². The maximum atomic E-state index is 10.7. The molecule has 0 bridgehead atoms. The molecule has 2 heterocycles. The molecule has 0 saturated heterocycles. The van der Waals surface area contributed by atoms with Gasteiger partial charge in [0.2, 0.25) is 5.13 Å². The molecule has 96 valence electrons. The number of nitro benzene ring substituents is 1. The molecule has 10 heteroatoms. The lowest BCUT2D eigenvalue weighted by Crippen LogP contribution is -1.85. The number of rotatable bonds is 3. The Balaban J connectivity index is 1.95. The highest BCUT2D eigenvalue weighted by atomic mass is 32.2. The third kappa shape index (κ3) is 2.50. The van der Waals surface area contributed by atoms with Crippen molar-refractivity contribution in [3.8, 4) is 0 Å². The van der Waals surface area contributed by atoms with E-state index in [1.807, 2.05) is 0 Å². The Labute approximate surface area is 118 Å². The lowest BCUT2D eigenvalue weighted by Gasteiger charge is -1.88. The second kappa shape index (κ2) is 4.72. The van der Waals surface area contributed by atoms with Crippen molar-refractivity contribution in [2.24, 2.45) is 0 Å². The second-order valence-electron chi connectivity index (χ2n) is 3.40. The van der Waals surface area contributed by atoms with E-state index in [2.05, 4.69) is 15.2 Å². The number of fused-ring (bicyclic) bond motifs is 1. The van der Waals surface area contributed by atoms with Crippen LogP contribution in [0.2, 0.25) is 0 Å². The molecule has 0 saturated carbocycles. The summed E-state index contributed by atoms with van der Waals surface area (Å²) in [4.78, 5) is 14.7. The molecule has 0 atom stereocenters. The van der Waals surface area contributed by atoms with Crippen LogP contribution in [0.15, 0.2) is 26.9 Å². The van der Waals surface area contributed by atoms with Gasteiger partial charge >= 0.3 is 0 Å². The summed E-state index contributed by atoms with van der Waals surface area (Å²) >= 11 is 4.01. The lowest BCUT2D eigenvalue weighted by molar-refractivity contribution is -0.384. The average Bonchev–Trinajstić information content (AvgIpc) is 2.94. The summed E-state index contributed by atoms with van der Waals surface area (Å²) in [7, 11) is 0. The first kappa shape index (κ1) is 12.3. The van der Waals surface area contributed by atoms with Crippen LogP contribution in [0.3, 0.4) is 0 Å². The van der Waals surface area contributed by atoms with E-state index < -0.39 is 4.92 Å². The van der Waals surface area contributed by atoms with E-state index in [0.29, 0.717) is 9.47 Å². The number of benzene rings is 1. The van der Waals surface area contributed by atoms with Gasteiger partial charge < -0.3 is 5.73 Å². The summed E-state index contributed by atoms with van der Waals surface area (Å²) in [6.07, 6.45) is 0. The van der Waals surface area contributed by atoms with Crippen LogP contribution in [0.1, 0.15) is 0 Å². The molecule has 0 unspecified atom stereocenters. The van der Waals surface area contributed by atoms with Gasteiger partial charge in [0.05, 0.1) is 15.1 Å². The molecule has 7 nitrogen and oxygen atoms in total. The molecule has 19 heavy (non-hydrogen) atoms. The van der Waals surface area contributed by atoms with Crippen LogP contribution in [0, 0.1) is 10.1 Å². The minimum Gasteiger partial charge on any atom is -0.374 e. The zero-order valence-corrected chi connectivity index (χ0v) is 11.6. The van der Waals surface area contributed by atoms with Gasteiger partial charge in [-0.05, 0) is 17.8 Å². The number of nitro groups is 1. The summed E-state index contributed by atoms with van der Waals surface area (Å²) in [6, 6.07) is 4.60. The molecule has 0 fully saturated rings. The van der Waals surface area contributed by atoms with E-state index in [0.717, 1.165) is 14.6 Å². The quantitative estimate of drug-likeness (QED) is 0.585. The first-order chi connectivity index (χ1) is 9.11. The number of nitrogen functional groups attached to an aromatic ring is 1. The smallest absolute Gasteiger partial charge is 0.270 e. The number of nitrogens with zero attached hydrogens (tertiary/aromatic N) is 4. The van der Waals surface area contributed by atoms with E-state index in [9.17, 15) is 10.1 Å². The zero-order chi connectivity index (χ0) is 13.4. The average molecular weight is 311 g/mol. The molecule has 1 aromatic carbocycles. The van der Waals surface area contributed by atoms with Crippen molar-refractivity contribution in [1.29, 1.82) is 0 Å². The Hall–Kier alpha value is -1.78. The summed E-state index contributed by atoms with van der Waals surface area (Å²) < 4.78 is 2.23. The highest BCUT2D eigenvalue weighted by Crippen LogP contribution is 2.36. The van der Waals surface area contributed by atoms with Gasteiger partial charge in [0.1, 0.15) is 0 Å². The number of hydrogen-bond donors (Lipinski definition) is 1. The normalized spacial score (nSPS) is 10.9. The SMILES string of the molecule is Nc1nnc(Sc2nc3ccc([N+](=O)[O-])cc3s2)s1. The number of aromatic nitrogens is 3. The van der Waals surface area contributed by atoms with Crippen molar-refractivity contribution >= 4 is 55.5 Å². The van der Waals surface area contributed by atoms with Crippen molar-refractivity contribution in [3.05, 3.63) is 28.3 Å². The van der Waals surface area contributed by atoms with Gasteiger partial charge in [-0.25, -0.2) is 4.98 Å². The van der Waals surface area contributed by atoms with Gasteiger partial charge in [0.15, 0.2) is 8.68 Å². The standard InChI is InChI=1S/C9H5N5O2S3/c10-7-12-13-9(18-7)19-8-11-5-2-1-4(14(15)16)3-6(5)17-8/h1-3H,(H2,10,12). The Morgan fingerprint density at radius 3 is 2.79 bits per heavy atom. The highest BCUT2D eigenvalue weighted by molar-refractivity contribution is 8.02. The number of anilines is 1. The van der Waals surface area contributed by atoms with Gasteiger partial charge in [0, 0.05) is 12.1 Å². The molecular weight excluding hydrogens is 306 g/mol. The van der Waals surface area contributed by atoms with E-state index in [1.165, 1.54) is 46.6 Å². The summed E-state index contributed by atoms with van der Waals surface area (Å²) in [5.74, 6) is 0. The van der Waals surface area contributed by atoms with Gasteiger partial charge in [-0.15, -0.1) is 21.5 Å². The van der Waals surface area contributed by atoms with Gasteiger partial charge in [-0.2, -0.15) is 0 Å². The monoisotopic (exact) mass is 311 g/mol. The Morgan fingerprint density at radius 2 is 2.11 bits per heavy atom. The number of nitrogens with two attached hydrogens (primary N) is 1. The molecule has 0 aliphatic carbocycles. The van der Waals surface area contributed by atoms with Crippen LogP contribution in [0.25, 0.3) is 10.2 Å². The molecule has 3 rings (SSSR count). The molecule has 0 radical (unpaired) electrons. The molecule has 0 amide bonds. The predicted octanol–water partition coefficient (Wildman–Crippen LogP) is 2.79. The van der Waals surface area contributed by atoms with Crippen molar-refractivity contribution in [2.75, 3.05) is 5.73 Å². The van der Waals surface area contributed by atoms with Crippen LogP contribution >= 0.6 is 34.4 Å². The first-order valence-electron chi connectivity index (χ1n) is 4.93. The minimum absolute atomic E-state index is 0.0628. The topological polar surface area (TPSA) is 108 Å². The van der Waals surface area contributed by atoms with E-state index in [-0.39, 0.29) is 5.69 Å². The highest BCUT2D eigenvalue weighted by Gasteiger charge is 2.12. The lowest BCUT2D eigenvalue weighted by atomic mass is 10.3. The second-order valence-corrected chi connectivity index (χ2v) is 6.93. The summed E-state index contributed by atoms with van der Waals surface area (Å²) in [5.41, 5.74) is 6.29. The van der Waals surface area contributed by atoms with Crippen molar-refractivity contribution in [2.45, 2.75) is 8.68 Å². The molecule has 3 aromatic rings. The van der Waals surface area contributed by atoms with E-state index in [4.69, 9.17) is 5.73 Å². The fourth-order valence-electron chi connectivity index (χ4n) is 1.39. The molecular formula is C9H5N5O2S3. The third-order valence-electron chi connectivity index (χ3n) is 2.16. The Bertz CT molecular complexity index is 768. The number of hydrogen-bond acceptors (Lipinski definition) is 9. The van der Waals surface area contributed by atoms with Crippen molar-refractivity contribution < 1.29 is 4.92 Å². The van der Waals surface area contributed by atoms with E-state index in [1.54, 1.807) is 6.07 Å². The van der Waals surface area contributed by atoms with Crippen LogP contribution in [-0.4, -0.2) is 20.1 Å². The maximum absolute atomic E-state index is 10.7. The first-order valence-corrected chi connectivity index (χ1v) is 7.38. The van der Waals surface area contributed by atoms with Gasteiger partial charge in [0.25, 0.3) is 5.69 Å². The third-order valence-corrected chi connectivity index (χ3v) is 5.04. The predicted molar refractivity (Wildman–Crippen MR) is 74.7 cm³/mol. The molecule has 0 aliphatic rings. The van der Waals surface area contributed by atoms with Crippen LogP contribution < -0.4 is 5.73 Å². The maximum Gasteiger partial charge on any atom is 0.270 e. The largest absolute Gasteiger partial charge is 0.374 e. The fraction of sp³-hybridized carbons (Fsp3) is 0. The fourth-order valence-corrected chi connectivity index (χ4v) is 4.32. The van der Waals surface area contributed by atoms with Crippen LogP contribution in [0.4, 0.5) is 10.8 Å². The van der Waals surface area contributed by atoms with Crippen LogP contribution in [0.5, 0.6) is 0 Å². The summed E-state index contributed by atoms with van der Waals surface area (Å²) in [5, 5.41) is 18.7. The zero-order valence-electron chi connectivity index (χ0n) is 9.14. The van der Waals surface area contributed by atoms with Crippen molar-refractivity contribution in [1.82, 2.24) is 15.2 Å². The minimum atomic E-state index is -0.419. The van der Waals surface area contributed by atoms with E-state index >= 15 is 0 Å². The molecule has 0 spiro atoms. The number of non-ortho nitro benzene ring substituents is 1.